The molecule has 1 heterocycles. The van der Waals surface area contributed by atoms with E-state index in [1.807, 2.05) is 19.1 Å². The Morgan fingerprint density at radius 3 is 2.79 bits per heavy atom. The molecule has 0 amide bonds. The van der Waals surface area contributed by atoms with Crippen LogP contribution in [0.15, 0.2) is 24.3 Å². The lowest BCUT2D eigenvalue weighted by atomic mass is 10.00. The highest BCUT2D eigenvalue weighted by Gasteiger charge is 2.28. The van der Waals surface area contributed by atoms with Crippen molar-refractivity contribution in [3.63, 3.8) is 0 Å². The van der Waals surface area contributed by atoms with Crippen LogP contribution in [0.5, 0.6) is 0 Å². The number of unbranched alkanes of at least 4 members (excludes halogenated alkanes) is 1. The van der Waals surface area contributed by atoms with Gasteiger partial charge < -0.3 is 20.1 Å². The maximum absolute atomic E-state index is 12.1. The topological polar surface area (TPSA) is 95.9 Å². The SMILES string of the molecule is CCCCP(=O)(O)C[C@@H]1CN[C@H](Cc2ccccc2C(=O)O)CO1. The van der Waals surface area contributed by atoms with E-state index in [9.17, 15) is 19.4 Å². The third-order valence-corrected chi connectivity index (χ3v) is 6.22. The van der Waals surface area contributed by atoms with Crippen LogP contribution in [-0.4, -0.2) is 53.6 Å². The lowest BCUT2D eigenvalue weighted by molar-refractivity contribution is 0.0162. The summed E-state index contributed by atoms with van der Waals surface area (Å²) in [6, 6.07) is 6.95. The van der Waals surface area contributed by atoms with E-state index in [4.69, 9.17) is 4.74 Å². The Morgan fingerprint density at radius 1 is 1.42 bits per heavy atom. The van der Waals surface area contributed by atoms with Gasteiger partial charge in [0.2, 0.25) is 7.37 Å². The molecule has 7 heteroatoms. The summed E-state index contributed by atoms with van der Waals surface area (Å²) in [6.07, 6.45) is 2.48. The molecule has 1 unspecified atom stereocenters. The molecule has 0 saturated carbocycles. The first-order valence-electron chi connectivity index (χ1n) is 8.38. The van der Waals surface area contributed by atoms with Gasteiger partial charge in [0.05, 0.1) is 24.4 Å². The van der Waals surface area contributed by atoms with Crippen molar-refractivity contribution in [1.29, 1.82) is 0 Å². The molecular weight excluding hydrogens is 329 g/mol. The van der Waals surface area contributed by atoms with Crippen molar-refractivity contribution < 1.29 is 24.1 Å². The van der Waals surface area contributed by atoms with Gasteiger partial charge in [-0.3, -0.25) is 4.57 Å². The molecule has 1 fully saturated rings. The number of carbonyl (C=O) groups is 1. The van der Waals surface area contributed by atoms with Gasteiger partial charge in [0.25, 0.3) is 0 Å². The summed E-state index contributed by atoms with van der Waals surface area (Å²) < 4.78 is 17.9. The molecule has 1 saturated heterocycles. The smallest absolute Gasteiger partial charge is 0.335 e. The predicted molar refractivity (Wildman–Crippen MR) is 93.1 cm³/mol. The summed E-state index contributed by atoms with van der Waals surface area (Å²) in [5, 5.41) is 12.5. The first kappa shape index (κ1) is 19.1. The molecule has 3 N–H and O–H groups in total. The molecule has 0 spiro atoms. The zero-order valence-electron chi connectivity index (χ0n) is 14.0. The molecule has 0 aromatic heterocycles. The van der Waals surface area contributed by atoms with Crippen LogP contribution in [0.4, 0.5) is 0 Å². The Kier molecular flexibility index (Phi) is 6.99. The van der Waals surface area contributed by atoms with Crippen LogP contribution in [0.3, 0.4) is 0 Å². The van der Waals surface area contributed by atoms with Gasteiger partial charge in [-0.05, 0) is 24.5 Å². The molecule has 6 nitrogen and oxygen atoms in total. The molecule has 3 atom stereocenters. The number of ether oxygens (including phenoxy) is 1. The number of carboxylic acid groups (broad SMARTS) is 1. The number of hydrogen-bond acceptors (Lipinski definition) is 4. The number of nitrogens with one attached hydrogen (secondary N) is 1. The lowest BCUT2D eigenvalue weighted by Crippen LogP contribution is -2.48. The highest BCUT2D eigenvalue weighted by molar-refractivity contribution is 7.58. The average Bonchev–Trinajstić information content (AvgIpc) is 2.55. The third kappa shape index (κ3) is 5.71. The van der Waals surface area contributed by atoms with E-state index in [1.165, 1.54) is 0 Å². The fourth-order valence-electron chi connectivity index (χ4n) is 2.90. The highest BCUT2D eigenvalue weighted by Crippen LogP contribution is 2.42. The molecule has 1 aliphatic rings. The van der Waals surface area contributed by atoms with Crippen molar-refractivity contribution in [2.45, 2.75) is 38.3 Å². The second-order valence-corrected chi connectivity index (χ2v) is 8.84. The van der Waals surface area contributed by atoms with E-state index in [0.29, 0.717) is 31.3 Å². The first-order valence-corrected chi connectivity index (χ1v) is 10.4. The van der Waals surface area contributed by atoms with E-state index in [2.05, 4.69) is 5.32 Å². The lowest BCUT2D eigenvalue weighted by Gasteiger charge is -2.31. The van der Waals surface area contributed by atoms with Gasteiger partial charge in [-0.15, -0.1) is 0 Å². The van der Waals surface area contributed by atoms with Gasteiger partial charge in [-0.1, -0.05) is 31.5 Å². The second-order valence-electron chi connectivity index (χ2n) is 6.33. The van der Waals surface area contributed by atoms with Crippen LogP contribution in [0.25, 0.3) is 0 Å². The summed E-state index contributed by atoms with van der Waals surface area (Å²) in [4.78, 5) is 21.2. The minimum Gasteiger partial charge on any atom is -0.478 e. The Labute approximate surface area is 142 Å². The van der Waals surface area contributed by atoms with Crippen molar-refractivity contribution in [3.8, 4) is 0 Å². The number of benzene rings is 1. The largest absolute Gasteiger partial charge is 0.478 e. The number of aromatic carboxylic acids is 1. The van der Waals surface area contributed by atoms with E-state index >= 15 is 0 Å². The molecule has 0 bridgehead atoms. The molecule has 1 aromatic rings. The second kappa shape index (κ2) is 8.77. The van der Waals surface area contributed by atoms with Crippen molar-refractivity contribution in [2.75, 3.05) is 25.5 Å². The van der Waals surface area contributed by atoms with E-state index in [1.54, 1.807) is 12.1 Å². The van der Waals surface area contributed by atoms with Gasteiger partial charge in [0, 0.05) is 18.7 Å². The van der Waals surface area contributed by atoms with Gasteiger partial charge >= 0.3 is 5.97 Å². The highest BCUT2D eigenvalue weighted by atomic mass is 31.2. The van der Waals surface area contributed by atoms with Crippen LogP contribution < -0.4 is 5.32 Å². The number of carboxylic acids is 1. The Balaban J connectivity index is 1.85. The molecule has 24 heavy (non-hydrogen) atoms. The molecule has 1 aliphatic heterocycles. The third-order valence-electron chi connectivity index (χ3n) is 4.23. The van der Waals surface area contributed by atoms with E-state index in [-0.39, 0.29) is 18.3 Å². The molecule has 134 valence electrons. The maximum atomic E-state index is 12.1. The predicted octanol–water partition coefficient (Wildman–Crippen LogP) is 2.35. The molecular formula is C17H26NO5P. The molecule has 0 radical (unpaired) electrons. The van der Waals surface area contributed by atoms with E-state index < -0.39 is 13.3 Å². The van der Waals surface area contributed by atoms with Gasteiger partial charge in [-0.2, -0.15) is 0 Å². The van der Waals surface area contributed by atoms with Crippen LogP contribution in [0, 0.1) is 0 Å². The van der Waals surface area contributed by atoms with Crippen LogP contribution in [-0.2, 0) is 15.7 Å². The van der Waals surface area contributed by atoms with Crippen LogP contribution in [0.1, 0.15) is 35.7 Å². The van der Waals surface area contributed by atoms with Gasteiger partial charge in [0.15, 0.2) is 0 Å². The normalized spacial score (nSPS) is 23.6. The summed E-state index contributed by atoms with van der Waals surface area (Å²) in [5.74, 6) is -0.933. The fourth-order valence-corrected chi connectivity index (χ4v) is 4.77. The van der Waals surface area contributed by atoms with Gasteiger partial charge in [0.1, 0.15) is 0 Å². The minimum absolute atomic E-state index is 0.00969. The average molecular weight is 355 g/mol. The monoisotopic (exact) mass is 355 g/mol. The first-order chi connectivity index (χ1) is 11.4. The molecule has 2 rings (SSSR count). The van der Waals surface area contributed by atoms with Crippen molar-refractivity contribution >= 4 is 13.3 Å². The summed E-state index contributed by atoms with van der Waals surface area (Å²) in [6.45, 7) is 2.92. The summed E-state index contributed by atoms with van der Waals surface area (Å²) in [5.41, 5.74) is 1.07. The van der Waals surface area contributed by atoms with Crippen molar-refractivity contribution in [1.82, 2.24) is 5.32 Å². The molecule has 1 aromatic carbocycles. The van der Waals surface area contributed by atoms with Crippen LogP contribution in [0.2, 0.25) is 0 Å². The zero-order chi connectivity index (χ0) is 17.6. The number of rotatable bonds is 8. The standard InChI is InChI=1S/C17H26NO5P/c1-2-3-8-24(21,22)12-15-10-18-14(11-23-15)9-13-6-4-5-7-16(13)17(19)20/h4-7,14-15,18H,2-3,8-12H2,1H3,(H,19,20)(H,21,22)/t14-,15+/m1/s1. The Hall–Kier alpha value is -1.20. The van der Waals surface area contributed by atoms with Gasteiger partial charge in [-0.25, -0.2) is 4.79 Å². The van der Waals surface area contributed by atoms with E-state index in [0.717, 1.165) is 18.4 Å². The minimum atomic E-state index is -3.13. The number of morpholine rings is 1. The summed E-state index contributed by atoms with van der Waals surface area (Å²) >= 11 is 0. The summed E-state index contributed by atoms with van der Waals surface area (Å²) in [7, 11) is -3.13. The Bertz CT molecular complexity index is 598. The Morgan fingerprint density at radius 2 is 2.17 bits per heavy atom. The quantitative estimate of drug-likeness (QED) is 0.620. The zero-order valence-corrected chi connectivity index (χ0v) is 14.9. The van der Waals surface area contributed by atoms with Crippen molar-refractivity contribution in [3.05, 3.63) is 35.4 Å². The van der Waals surface area contributed by atoms with Crippen LogP contribution >= 0.6 is 7.37 Å². The molecule has 0 aliphatic carbocycles. The fraction of sp³-hybridized carbons (Fsp3) is 0.588. The maximum Gasteiger partial charge on any atom is 0.335 e. The van der Waals surface area contributed by atoms with Crippen molar-refractivity contribution in [2.24, 2.45) is 0 Å². The number of hydrogen-bond donors (Lipinski definition) is 3.